The van der Waals surface area contributed by atoms with Crippen LogP contribution >= 0.6 is 15.9 Å². The number of nitro benzene ring substituents is 1. The third-order valence-electron chi connectivity index (χ3n) is 4.47. The van der Waals surface area contributed by atoms with E-state index >= 15 is 0 Å². The van der Waals surface area contributed by atoms with Gasteiger partial charge in [0.25, 0.3) is 11.6 Å². The molecule has 8 heteroatoms. The van der Waals surface area contributed by atoms with E-state index in [1.807, 2.05) is 23.1 Å². The molecule has 3 rings (SSSR count). The van der Waals surface area contributed by atoms with Crippen molar-refractivity contribution in [2.24, 2.45) is 0 Å². The summed E-state index contributed by atoms with van der Waals surface area (Å²) in [5.41, 5.74) is 1.12. The van der Waals surface area contributed by atoms with Crippen LogP contribution in [-0.4, -0.2) is 41.9 Å². The quantitative estimate of drug-likeness (QED) is 0.558. The Morgan fingerprint density at radius 3 is 2.46 bits per heavy atom. The lowest BCUT2D eigenvalue weighted by Gasteiger charge is -2.36. The van der Waals surface area contributed by atoms with E-state index in [-0.39, 0.29) is 11.6 Å². The Kier molecular flexibility index (Phi) is 5.22. The number of carbonyl (C=O) groups is 1. The van der Waals surface area contributed by atoms with Crippen molar-refractivity contribution in [2.45, 2.75) is 6.92 Å². The summed E-state index contributed by atoms with van der Waals surface area (Å²) in [6.45, 7) is 3.42. The van der Waals surface area contributed by atoms with Gasteiger partial charge >= 0.3 is 0 Å². The Morgan fingerprint density at radius 2 is 1.85 bits per heavy atom. The number of rotatable bonds is 3. The number of hydrogen-bond acceptors (Lipinski definition) is 4. The summed E-state index contributed by atoms with van der Waals surface area (Å²) in [5, 5.41) is 10.9. The number of piperazine rings is 1. The van der Waals surface area contributed by atoms with Crippen LogP contribution < -0.4 is 4.90 Å². The zero-order valence-electron chi connectivity index (χ0n) is 14.1. The van der Waals surface area contributed by atoms with Gasteiger partial charge in [-0.1, -0.05) is 12.1 Å². The molecule has 1 aliphatic heterocycles. The minimum absolute atomic E-state index is 0.0718. The number of benzene rings is 2. The fourth-order valence-electron chi connectivity index (χ4n) is 3.05. The minimum Gasteiger partial charge on any atom is -0.366 e. The molecule has 1 fully saturated rings. The molecular formula is C18H17BrFN3O3. The molecule has 0 N–H and O–H groups in total. The molecule has 0 saturated carbocycles. The summed E-state index contributed by atoms with van der Waals surface area (Å²) in [4.78, 5) is 26.5. The monoisotopic (exact) mass is 421 g/mol. The van der Waals surface area contributed by atoms with Gasteiger partial charge in [-0.15, -0.1) is 0 Å². The average Bonchev–Trinajstić information content (AvgIpc) is 2.63. The van der Waals surface area contributed by atoms with Crippen LogP contribution in [0.15, 0.2) is 40.9 Å². The largest absolute Gasteiger partial charge is 0.366 e. The Bertz CT molecular complexity index is 867. The number of nitro groups is 1. The van der Waals surface area contributed by atoms with Crippen molar-refractivity contribution in [3.63, 3.8) is 0 Å². The van der Waals surface area contributed by atoms with E-state index < -0.39 is 10.7 Å². The van der Waals surface area contributed by atoms with E-state index in [4.69, 9.17) is 0 Å². The zero-order chi connectivity index (χ0) is 18.8. The Balaban J connectivity index is 1.73. The maximum Gasteiger partial charge on any atom is 0.275 e. The third-order valence-corrected chi connectivity index (χ3v) is 5.17. The van der Waals surface area contributed by atoms with Crippen molar-refractivity contribution in [3.8, 4) is 0 Å². The smallest absolute Gasteiger partial charge is 0.275 e. The van der Waals surface area contributed by atoms with Crippen molar-refractivity contribution in [3.05, 3.63) is 67.9 Å². The van der Waals surface area contributed by atoms with E-state index in [9.17, 15) is 19.3 Å². The number of aryl methyl sites for hydroxylation is 1. The first-order chi connectivity index (χ1) is 12.4. The van der Waals surface area contributed by atoms with Gasteiger partial charge < -0.3 is 9.80 Å². The van der Waals surface area contributed by atoms with Gasteiger partial charge in [0.05, 0.1) is 22.2 Å². The summed E-state index contributed by atoms with van der Waals surface area (Å²) in [6, 6.07) is 9.69. The van der Waals surface area contributed by atoms with E-state index in [0.29, 0.717) is 43.0 Å². The molecule has 1 amide bonds. The van der Waals surface area contributed by atoms with Crippen molar-refractivity contribution in [2.75, 3.05) is 31.1 Å². The first kappa shape index (κ1) is 18.3. The molecule has 2 aromatic rings. The Morgan fingerprint density at radius 1 is 1.19 bits per heavy atom. The van der Waals surface area contributed by atoms with Crippen LogP contribution in [0.4, 0.5) is 15.8 Å². The third kappa shape index (κ3) is 3.55. The fraction of sp³-hybridized carbons (Fsp3) is 0.278. The number of halogens is 2. The predicted molar refractivity (Wildman–Crippen MR) is 100 cm³/mol. The summed E-state index contributed by atoms with van der Waals surface area (Å²) < 4.78 is 15.1. The molecule has 0 spiro atoms. The molecule has 1 saturated heterocycles. The normalized spacial score (nSPS) is 14.4. The van der Waals surface area contributed by atoms with Crippen LogP contribution in [0.1, 0.15) is 15.9 Å². The summed E-state index contributed by atoms with van der Waals surface area (Å²) >= 11 is 3.39. The summed E-state index contributed by atoms with van der Waals surface area (Å²) in [7, 11) is 0. The van der Waals surface area contributed by atoms with Crippen LogP contribution in [0.5, 0.6) is 0 Å². The average molecular weight is 422 g/mol. The standard InChI is InChI=1S/C18H17BrFN3O3/c1-12-10-17(15(20)11-16(12)23(25)26)21-6-8-22(9-7-21)18(24)13-4-2-3-5-14(13)19/h2-5,10-11H,6-9H2,1H3. The number of anilines is 1. The molecule has 1 aliphatic rings. The SMILES string of the molecule is Cc1cc(N2CCN(C(=O)c3ccccc3Br)CC2)c(F)cc1[N+](=O)[O-]. The maximum atomic E-state index is 14.3. The minimum atomic E-state index is -0.618. The van der Waals surface area contributed by atoms with Crippen molar-refractivity contribution in [1.29, 1.82) is 0 Å². The molecule has 0 atom stereocenters. The molecule has 0 unspecified atom stereocenters. The molecule has 6 nitrogen and oxygen atoms in total. The van der Waals surface area contributed by atoms with Crippen LogP contribution in [0.3, 0.4) is 0 Å². The second-order valence-electron chi connectivity index (χ2n) is 6.11. The van der Waals surface area contributed by atoms with Gasteiger partial charge in [-0.3, -0.25) is 14.9 Å². The van der Waals surface area contributed by atoms with E-state index in [1.165, 1.54) is 6.07 Å². The predicted octanol–water partition coefficient (Wildman–Crippen LogP) is 3.77. The van der Waals surface area contributed by atoms with Gasteiger partial charge in [0.15, 0.2) is 5.82 Å². The number of carbonyl (C=O) groups excluding carboxylic acids is 1. The van der Waals surface area contributed by atoms with Crippen molar-refractivity contribution < 1.29 is 14.1 Å². The van der Waals surface area contributed by atoms with Crippen LogP contribution in [0.25, 0.3) is 0 Å². The Labute approximate surface area is 158 Å². The van der Waals surface area contributed by atoms with Gasteiger partial charge in [-0.25, -0.2) is 4.39 Å². The van der Waals surface area contributed by atoms with E-state index in [1.54, 1.807) is 17.9 Å². The second kappa shape index (κ2) is 7.41. The molecule has 0 aliphatic carbocycles. The van der Waals surface area contributed by atoms with Crippen LogP contribution in [-0.2, 0) is 0 Å². The van der Waals surface area contributed by atoms with E-state index in [0.717, 1.165) is 10.5 Å². The molecule has 2 aromatic carbocycles. The number of hydrogen-bond donors (Lipinski definition) is 0. The van der Waals surface area contributed by atoms with E-state index in [2.05, 4.69) is 15.9 Å². The van der Waals surface area contributed by atoms with Crippen molar-refractivity contribution in [1.82, 2.24) is 4.90 Å². The highest BCUT2D eigenvalue weighted by molar-refractivity contribution is 9.10. The molecule has 0 aromatic heterocycles. The summed E-state index contributed by atoms with van der Waals surface area (Å²) in [5.74, 6) is -0.689. The highest BCUT2D eigenvalue weighted by Gasteiger charge is 2.26. The molecule has 0 radical (unpaired) electrons. The maximum absolute atomic E-state index is 14.3. The van der Waals surface area contributed by atoms with Gasteiger partial charge in [0, 0.05) is 36.2 Å². The topological polar surface area (TPSA) is 66.7 Å². The summed E-state index contributed by atoms with van der Waals surface area (Å²) in [6.07, 6.45) is 0. The lowest BCUT2D eigenvalue weighted by atomic mass is 10.1. The number of nitrogens with zero attached hydrogens (tertiary/aromatic N) is 3. The highest BCUT2D eigenvalue weighted by atomic mass is 79.9. The zero-order valence-corrected chi connectivity index (χ0v) is 15.7. The Hall–Kier alpha value is -2.48. The lowest BCUT2D eigenvalue weighted by molar-refractivity contribution is -0.385. The molecule has 1 heterocycles. The first-order valence-electron chi connectivity index (χ1n) is 8.12. The molecule has 26 heavy (non-hydrogen) atoms. The molecular weight excluding hydrogens is 405 g/mol. The van der Waals surface area contributed by atoms with Gasteiger partial charge in [0.2, 0.25) is 0 Å². The highest BCUT2D eigenvalue weighted by Crippen LogP contribution is 2.29. The lowest BCUT2D eigenvalue weighted by Crippen LogP contribution is -2.49. The fourth-order valence-corrected chi connectivity index (χ4v) is 3.50. The van der Waals surface area contributed by atoms with Gasteiger partial charge in [-0.2, -0.15) is 0 Å². The second-order valence-corrected chi connectivity index (χ2v) is 6.96. The molecule has 0 bridgehead atoms. The molecule has 136 valence electrons. The van der Waals surface area contributed by atoms with Gasteiger partial charge in [-0.05, 0) is 41.1 Å². The first-order valence-corrected chi connectivity index (χ1v) is 8.91. The van der Waals surface area contributed by atoms with Crippen LogP contribution in [0, 0.1) is 22.9 Å². The van der Waals surface area contributed by atoms with Crippen LogP contribution in [0.2, 0.25) is 0 Å². The van der Waals surface area contributed by atoms with Gasteiger partial charge in [0.1, 0.15) is 0 Å². The van der Waals surface area contributed by atoms with Crippen molar-refractivity contribution >= 4 is 33.2 Å². The number of amides is 1.